The SMILES string of the molecule is Cc1c(Cl)cc(NCc2c(F)cccc2Cl)c(O)c1Cl. The molecular weight excluding hydrogens is 324 g/mol. The molecular formula is C14H11Cl3FNO. The van der Waals surface area contributed by atoms with Gasteiger partial charge < -0.3 is 10.4 Å². The zero-order chi connectivity index (χ0) is 14.9. The fourth-order valence-corrected chi connectivity index (χ4v) is 2.41. The third-order valence-electron chi connectivity index (χ3n) is 2.94. The summed E-state index contributed by atoms with van der Waals surface area (Å²) in [6, 6.07) is 5.97. The Morgan fingerprint density at radius 1 is 1.20 bits per heavy atom. The quantitative estimate of drug-likeness (QED) is 0.735. The Labute approximate surface area is 131 Å². The molecule has 0 amide bonds. The van der Waals surface area contributed by atoms with Gasteiger partial charge in [-0.1, -0.05) is 40.9 Å². The number of hydrogen-bond donors (Lipinski definition) is 2. The van der Waals surface area contributed by atoms with Crippen molar-refractivity contribution < 1.29 is 9.50 Å². The maximum atomic E-state index is 13.6. The fourth-order valence-electron chi connectivity index (χ4n) is 1.72. The van der Waals surface area contributed by atoms with E-state index in [4.69, 9.17) is 34.8 Å². The van der Waals surface area contributed by atoms with Crippen molar-refractivity contribution in [2.75, 3.05) is 5.32 Å². The number of nitrogens with one attached hydrogen (secondary N) is 1. The summed E-state index contributed by atoms with van der Waals surface area (Å²) in [5, 5.41) is 13.7. The molecule has 0 saturated heterocycles. The molecule has 2 nitrogen and oxygen atoms in total. The average Bonchev–Trinajstić information content (AvgIpc) is 2.41. The second kappa shape index (κ2) is 6.08. The van der Waals surface area contributed by atoms with Crippen molar-refractivity contribution >= 4 is 40.5 Å². The molecule has 2 aromatic carbocycles. The maximum Gasteiger partial charge on any atom is 0.157 e. The molecule has 0 aromatic heterocycles. The van der Waals surface area contributed by atoms with Crippen molar-refractivity contribution in [2.24, 2.45) is 0 Å². The molecule has 0 aliphatic rings. The highest BCUT2D eigenvalue weighted by atomic mass is 35.5. The van der Waals surface area contributed by atoms with Crippen LogP contribution in [0.4, 0.5) is 10.1 Å². The summed E-state index contributed by atoms with van der Waals surface area (Å²) in [6.07, 6.45) is 0. The Hall–Kier alpha value is -1.16. The number of anilines is 1. The van der Waals surface area contributed by atoms with Crippen LogP contribution in [0.25, 0.3) is 0 Å². The maximum absolute atomic E-state index is 13.6. The van der Waals surface area contributed by atoms with E-state index in [-0.39, 0.29) is 17.3 Å². The van der Waals surface area contributed by atoms with Crippen LogP contribution in [0.3, 0.4) is 0 Å². The minimum atomic E-state index is -0.422. The molecule has 0 atom stereocenters. The molecule has 0 aliphatic carbocycles. The first kappa shape index (κ1) is 15.2. The van der Waals surface area contributed by atoms with Gasteiger partial charge in [-0.15, -0.1) is 0 Å². The number of phenols is 1. The van der Waals surface area contributed by atoms with Crippen LogP contribution in [0.1, 0.15) is 11.1 Å². The Morgan fingerprint density at radius 3 is 2.55 bits per heavy atom. The van der Waals surface area contributed by atoms with Gasteiger partial charge >= 0.3 is 0 Å². The molecule has 0 spiro atoms. The van der Waals surface area contributed by atoms with Crippen LogP contribution in [0, 0.1) is 12.7 Å². The summed E-state index contributed by atoms with van der Waals surface area (Å²) in [6.45, 7) is 1.80. The van der Waals surface area contributed by atoms with Crippen LogP contribution in [0.5, 0.6) is 5.75 Å². The minimum absolute atomic E-state index is 0.106. The van der Waals surface area contributed by atoms with Crippen molar-refractivity contribution in [3.8, 4) is 5.75 Å². The second-order valence-electron chi connectivity index (χ2n) is 4.25. The Kier molecular flexibility index (Phi) is 4.63. The van der Waals surface area contributed by atoms with Gasteiger partial charge in [0.25, 0.3) is 0 Å². The molecule has 2 N–H and O–H groups in total. The second-order valence-corrected chi connectivity index (χ2v) is 5.44. The molecule has 6 heteroatoms. The topological polar surface area (TPSA) is 32.3 Å². The van der Waals surface area contributed by atoms with Gasteiger partial charge in [-0.2, -0.15) is 0 Å². The number of benzene rings is 2. The number of phenolic OH excluding ortho intramolecular Hbond substituents is 1. The number of halogens is 4. The van der Waals surface area contributed by atoms with Crippen LogP contribution in [-0.4, -0.2) is 5.11 Å². The predicted molar refractivity (Wildman–Crippen MR) is 81.6 cm³/mol. The summed E-state index contributed by atoms with van der Waals surface area (Å²) < 4.78 is 13.6. The lowest BCUT2D eigenvalue weighted by Crippen LogP contribution is -2.03. The molecule has 0 aliphatic heterocycles. The molecule has 106 valence electrons. The van der Waals surface area contributed by atoms with Gasteiger partial charge in [-0.25, -0.2) is 4.39 Å². The summed E-state index contributed by atoms with van der Waals surface area (Å²) in [7, 11) is 0. The summed E-state index contributed by atoms with van der Waals surface area (Å²) >= 11 is 17.9. The van der Waals surface area contributed by atoms with Gasteiger partial charge in [0, 0.05) is 22.2 Å². The molecule has 2 rings (SSSR count). The van der Waals surface area contributed by atoms with Gasteiger partial charge in [0.2, 0.25) is 0 Å². The van der Waals surface area contributed by atoms with Crippen molar-refractivity contribution in [1.82, 2.24) is 0 Å². The highest BCUT2D eigenvalue weighted by Crippen LogP contribution is 2.39. The van der Waals surface area contributed by atoms with E-state index < -0.39 is 5.82 Å². The van der Waals surface area contributed by atoms with E-state index in [1.807, 2.05) is 0 Å². The lowest BCUT2D eigenvalue weighted by atomic mass is 10.1. The van der Waals surface area contributed by atoms with E-state index in [1.54, 1.807) is 13.0 Å². The molecule has 0 saturated carbocycles. The summed E-state index contributed by atoms with van der Waals surface area (Å²) in [5.41, 5.74) is 1.21. The Morgan fingerprint density at radius 2 is 1.90 bits per heavy atom. The molecule has 0 bridgehead atoms. The number of aromatic hydroxyl groups is 1. The van der Waals surface area contributed by atoms with E-state index in [9.17, 15) is 9.50 Å². The summed E-state index contributed by atoms with van der Waals surface area (Å²) in [4.78, 5) is 0. The standard InChI is InChI=1S/C14H11Cl3FNO/c1-7-10(16)5-12(14(20)13(7)17)19-6-8-9(15)3-2-4-11(8)18/h2-5,19-20H,6H2,1H3. The largest absolute Gasteiger partial charge is 0.504 e. The van der Waals surface area contributed by atoms with Crippen molar-refractivity contribution in [2.45, 2.75) is 13.5 Å². The third kappa shape index (κ3) is 2.95. The lowest BCUT2D eigenvalue weighted by Gasteiger charge is -2.13. The van der Waals surface area contributed by atoms with Crippen LogP contribution in [0.15, 0.2) is 24.3 Å². The third-order valence-corrected chi connectivity index (χ3v) is 4.15. The van der Waals surface area contributed by atoms with Gasteiger partial charge in [0.15, 0.2) is 5.75 Å². The van der Waals surface area contributed by atoms with Crippen LogP contribution < -0.4 is 5.32 Å². The van der Waals surface area contributed by atoms with E-state index in [0.29, 0.717) is 26.9 Å². The number of rotatable bonds is 3. The molecule has 0 radical (unpaired) electrons. The fraction of sp³-hybridized carbons (Fsp3) is 0.143. The average molecular weight is 335 g/mol. The monoisotopic (exact) mass is 333 g/mol. The molecule has 0 unspecified atom stereocenters. The number of hydrogen-bond acceptors (Lipinski definition) is 2. The van der Waals surface area contributed by atoms with E-state index in [1.165, 1.54) is 18.2 Å². The highest BCUT2D eigenvalue weighted by Gasteiger charge is 2.13. The van der Waals surface area contributed by atoms with Crippen molar-refractivity contribution in [1.29, 1.82) is 0 Å². The first-order chi connectivity index (χ1) is 9.41. The zero-order valence-corrected chi connectivity index (χ0v) is 12.7. The molecule has 2 aromatic rings. The van der Waals surface area contributed by atoms with Crippen molar-refractivity contribution in [3.63, 3.8) is 0 Å². The first-order valence-electron chi connectivity index (χ1n) is 5.76. The highest BCUT2D eigenvalue weighted by molar-refractivity contribution is 6.37. The van der Waals surface area contributed by atoms with Crippen molar-refractivity contribution in [3.05, 3.63) is 56.3 Å². The first-order valence-corrected chi connectivity index (χ1v) is 6.89. The van der Waals surface area contributed by atoms with Crippen LogP contribution >= 0.6 is 34.8 Å². The molecule has 20 heavy (non-hydrogen) atoms. The zero-order valence-electron chi connectivity index (χ0n) is 10.5. The van der Waals surface area contributed by atoms with E-state index in [2.05, 4.69) is 5.32 Å². The van der Waals surface area contributed by atoms with Gasteiger partial charge in [0.1, 0.15) is 5.82 Å². The van der Waals surface area contributed by atoms with Gasteiger partial charge in [-0.05, 0) is 30.7 Å². The van der Waals surface area contributed by atoms with Gasteiger partial charge in [-0.3, -0.25) is 0 Å². The normalized spacial score (nSPS) is 10.7. The van der Waals surface area contributed by atoms with Crippen LogP contribution in [0.2, 0.25) is 15.1 Å². The lowest BCUT2D eigenvalue weighted by molar-refractivity contribution is 0.477. The Bertz CT molecular complexity index is 641. The van der Waals surface area contributed by atoms with E-state index in [0.717, 1.165) is 0 Å². The van der Waals surface area contributed by atoms with Gasteiger partial charge in [0.05, 0.1) is 10.7 Å². The summed E-state index contributed by atoms with van der Waals surface area (Å²) in [5.74, 6) is -0.546. The molecule has 0 heterocycles. The predicted octanol–water partition coefficient (Wildman–Crippen LogP) is 5.41. The molecule has 0 fully saturated rings. The van der Waals surface area contributed by atoms with E-state index >= 15 is 0 Å². The van der Waals surface area contributed by atoms with Crippen LogP contribution in [-0.2, 0) is 6.54 Å². The Balaban J connectivity index is 2.28. The minimum Gasteiger partial charge on any atom is -0.504 e. The smallest absolute Gasteiger partial charge is 0.157 e.